The Hall–Kier alpha value is -0.570. The van der Waals surface area contributed by atoms with E-state index in [2.05, 4.69) is 18.7 Å². The molecule has 0 aromatic carbocycles. The van der Waals surface area contributed by atoms with Crippen molar-refractivity contribution in [2.75, 3.05) is 0 Å². The molecule has 0 aromatic heterocycles. The van der Waals surface area contributed by atoms with Crippen LogP contribution < -0.4 is 0 Å². The molecule has 0 fully saturated rings. The van der Waals surface area contributed by atoms with E-state index < -0.39 is 0 Å². The molecule has 3 heteroatoms. The van der Waals surface area contributed by atoms with Crippen LogP contribution in [0.15, 0.2) is 0 Å². The zero-order valence-corrected chi connectivity index (χ0v) is 8.84. The van der Waals surface area contributed by atoms with E-state index in [-0.39, 0.29) is 12.1 Å². The number of hydrogen-bond donors (Lipinski definition) is 0. The van der Waals surface area contributed by atoms with Gasteiger partial charge in [0.15, 0.2) is 0 Å². The van der Waals surface area contributed by atoms with Crippen LogP contribution in [-0.2, 0) is 14.6 Å². The van der Waals surface area contributed by atoms with Gasteiger partial charge in [-0.3, -0.25) is 4.89 Å². The fraction of sp³-hybridized carbons (Fsp3) is 0.900. The molecule has 0 aliphatic carbocycles. The van der Waals surface area contributed by atoms with Gasteiger partial charge in [-0.15, -0.1) is 0 Å². The maximum Gasteiger partial charge on any atom is 0.339 e. The summed E-state index contributed by atoms with van der Waals surface area (Å²) < 4.78 is 0. The van der Waals surface area contributed by atoms with Crippen LogP contribution in [-0.4, -0.2) is 12.1 Å². The molecular formula is C10H20O3. The SMILES string of the molecule is CCCCC(CCC)OOC(C)=O. The summed E-state index contributed by atoms with van der Waals surface area (Å²) in [6, 6.07) is 0. The predicted molar refractivity (Wildman–Crippen MR) is 51.1 cm³/mol. The topological polar surface area (TPSA) is 35.5 Å². The molecule has 78 valence electrons. The smallest absolute Gasteiger partial charge is 0.298 e. The number of unbranched alkanes of at least 4 members (excludes halogenated alkanes) is 1. The van der Waals surface area contributed by atoms with Crippen molar-refractivity contribution in [3.05, 3.63) is 0 Å². The Morgan fingerprint density at radius 1 is 1.23 bits per heavy atom. The molecule has 0 saturated heterocycles. The van der Waals surface area contributed by atoms with Gasteiger partial charge in [-0.05, 0) is 12.8 Å². The molecule has 0 amide bonds. The molecule has 0 aliphatic rings. The van der Waals surface area contributed by atoms with Gasteiger partial charge in [0.2, 0.25) is 0 Å². The van der Waals surface area contributed by atoms with E-state index in [0.717, 1.165) is 32.1 Å². The normalized spacial score (nSPS) is 12.5. The zero-order valence-electron chi connectivity index (χ0n) is 8.84. The van der Waals surface area contributed by atoms with Crippen LogP contribution in [0.3, 0.4) is 0 Å². The second-order valence-electron chi connectivity index (χ2n) is 3.22. The lowest BCUT2D eigenvalue weighted by Gasteiger charge is -2.13. The van der Waals surface area contributed by atoms with Gasteiger partial charge in [0.05, 0.1) is 0 Å². The second-order valence-corrected chi connectivity index (χ2v) is 3.22. The maximum atomic E-state index is 10.5. The van der Waals surface area contributed by atoms with Crippen LogP contribution in [0.5, 0.6) is 0 Å². The number of hydrogen-bond acceptors (Lipinski definition) is 3. The largest absolute Gasteiger partial charge is 0.339 e. The summed E-state index contributed by atoms with van der Waals surface area (Å²) in [6.45, 7) is 5.58. The number of carbonyl (C=O) groups excluding carboxylic acids is 1. The number of carbonyl (C=O) groups is 1. The lowest BCUT2D eigenvalue weighted by molar-refractivity contribution is -0.298. The first-order valence-corrected chi connectivity index (χ1v) is 5.04. The first-order chi connectivity index (χ1) is 6.20. The third-order valence-electron chi connectivity index (χ3n) is 1.79. The lowest BCUT2D eigenvalue weighted by atomic mass is 10.1. The third kappa shape index (κ3) is 7.78. The standard InChI is InChI=1S/C10H20O3/c1-4-6-8-10(7-5-2)13-12-9(3)11/h10H,4-8H2,1-3H3. The van der Waals surface area contributed by atoms with E-state index in [0.29, 0.717) is 0 Å². The van der Waals surface area contributed by atoms with E-state index in [9.17, 15) is 4.79 Å². The molecule has 0 radical (unpaired) electrons. The van der Waals surface area contributed by atoms with Gasteiger partial charge in [-0.1, -0.05) is 33.1 Å². The highest BCUT2D eigenvalue weighted by Gasteiger charge is 2.09. The van der Waals surface area contributed by atoms with Gasteiger partial charge in [-0.2, -0.15) is 4.89 Å². The predicted octanol–water partition coefficient (Wildman–Crippen LogP) is 2.84. The molecule has 13 heavy (non-hydrogen) atoms. The van der Waals surface area contributed by atoms with Gasteiger partial charge in [0.25, 0.3) is 0 Å². The van der Waals surface area contributed by atoms with Crippen molar-refractivity contribution in [2.45, 2.75) is 59.0 Å². The highest BCUT2D eigenvalue weighted by Crippen LogP contribution is 2.11. The highest BCUT2D eigenvalue weighted by molar-refractivity contribution is 5.65. The Bertz CT molecular complexity index is 134. The Morgan fingerprint density at radius 3 is 2.38 bits per heavy atom. The van der Waals surface area contributed by atoms with Gasteiger partial charge in [0.1, 0.15) is 6.10 Å². The Morgan fingerprint density at radius 2 is 1.92 bits per heavy atom. The average Bonchev–Trinajstić information content (AvgIpc) is 2.09. The maximum absolute atomic E-state index is 10.5. The van der Waals surface area contributed by atoms with Crippen LogP contribution in [0.2, 0.25) is 0 Å². The van der Waals surface area contributed by atoms with Crippen molar-refractivity contribution in [1.82, 2.24) is 0 Å². The van der Waals surface area contributed by atoms with E-state index in [1.807, 2.05) is 0 Å². The van der Waals surface area contributed by atoms with E-state index in [1.165, 1.54) is 6.92 Å². The van der Waals surface area contributed by atoms with Gasteiger partial charge in [-0.25, -0.2) is 4.79 Å². The summed E-state index contributed by atoms with van der Waals surface area (Å²) in [5.74, 6) is -0.377. The minimum atomic E-state index is -0.377. The first kappa shape index (κ1) is 12.4. The second kappa shape index (κ2) is 8.05. The minimum absolute atomic E-state index is 0.0776. The summed E-state index contributed by atoms with van der Waals surface area (Å²) in [5.41, 5.74) is 0. The summed E-state index contributed by atoms with van der Waals surface area (Å²) >= 11 is 0. The summed E-state index contributed by atoms with van der Waals surface area (Å²) in [7, 11) is 0. The molecule has 0 heterocycles. The van der Waals surface area contributed by atoms with Gasteiger partial charge >= 0.3 is 5.97 Å². The van der Waals surface area contributed by atoms with Crippen LogP contribution >= 0.6 is 0 Å². The Labute approximate surface area is 80.3 Å². The van der Waals surface area contributed by atoms with E-state index in [4.69, 9.17) is 4.89 Å². The lowest BCUT2D eigenvalue weighted by Crippen LogP contribution is -2.15. The Kier molecular flexibility index (Phi) is 7.69. The Balaban J connectivity index is 3.59. The molecule has 0 rings (SSSR count). The quantitative estimate of drug-likeness (QED) is 0.455. The molecule has 0 bridgehead atoms. The minimum Gasteiger partial charge on any atom is -0.298 e. The van der Waals surface area contributed by atoms with Crippen molar-refractivity contribution >= 4 is 5.97 Å². The summed E-state index contributed by atoms with van der Waals surface area (Å²) in [6.07, 6.45) is 5.31. The van der Waals surface area contributed by atoms with Crippen LogP contribution in [0.1, 0.15) is 52.9 Å². The molecule has 0 spiro atoms. The van der Waals surface area contributed by atoms with Crippen molar-refractivity contribution < 1.29 is 14.6 Å². The van der Waals surface area contributed by atoms with E-state index in [1.54, 1.807) is 0 Å². The summed E-state index contributed by atoms with van der Waals surface area (Å²) in [4.78, 5) is 20.0. The molecule has 0 aliphatic heterocycles. The molecule has 0 N–H and O–H groups in total. The molecule has 3 nitrogen and oxygen atoms in total. The van der Waals surface area contributed by atoms with E-state index >= 15 is 0 Å². The van der Waals surface area contributed by atoms with Crippen molar-refractivity contribution in [1.29, 1.82) is 0 Å². The van der Waals surface area contributed by atoms with Crippen LogP contribution in [0.25, 0.3) is 0 Å². The summed E-state index contributed by atoms with van der Waals surface area (Å²) in [5, 5.41) is 0. The van der Waals surface area contributed by atoms with Crippen molar-refractivity contribution in [3.8, 4) is 0 Å². The molecule has 1 unspecified atom stereocenters. The van der Waals surface area contributed by atoms with Crippen LogP contribution in [0.4, 0.5) is 0 Å². The molecule has 0 aromatic rings. The van der Waals surface area contributed by atoms with Crippen molar-refractivity contribution in [2.24, 2.45) is 0 Å². The van der Waals surface area contributed by atoms with Gasteiger partial charge < -0.3 is 0 Å². The molecule has 1 atom stereocenters. The fourth-order valence-electron chi connectivity index (χ4n) is 1.13. The first-order valence-electron chi connectivity index (χ1n) is 5.04. The monoisotopic (exact) mass is 188 g/mol. The third-order valence-corrected chi connectivity index (χ3v) is 1.79. The zero-order chi connectivity index (χ0) is 10.1. The fourth-order valence-corrected chi connectivity index (χ4v) is 1.13. The number of rotatable bonds is 7. The van der Waals surface area contributed by atoms with Gasteiger partial charge in [0, 0.05) is 6.92 Å². The van der Waals surface area contributed by atoms with Crippen LogP contribution in [0, 0.1) is 0 Å². The molecular weight excluding hydrogens is 168 g/mol. The van der Waals surface area contributed by atoms with Crippen molar-refractivity contribution in [3.63, 3.8) is 0 Å². The average molecular weight is 188 g/mol. The highest BCUT2D eigenvalue weighted by atomic mass is 17.2. The molecule has 0 saturated carbocycles.